The minimum atomic E-state index is -0.441. The molecule has 0 aliphatic carbocycles. The Morgan fingerprint density at radius 3 is 2.50 bits per heavy atom. The van der Waals surface area contributed by atoms with Gasteiger partial charge in [0.25, 0.3) is 0 Å². The fraction of sp³-hybridized carbons (Fsp3) is 0.333. The molecule has 3 nitrogen and oxygen atoms in total. The first-order chi connectivity index (χ1) is 7.59. The van der Waals surface area contributed by atoms with Gasteiger partial charge in [0.1, 0.15) is 5.78 Å². The van der Waals surface area contributed by atoms with E-state index in [-0.39, 0.29) is 11.7 Å². The molecular formula is C12H12BrNO2. The molecule has 1 aromatic carbocycles. The largest absolute Gasteiger partial charge is 0.312 e. The molecule has 1 fully saturated rings. The molecule has 1 atom stereocenters. The van der Waals surface area contributed by atoms with E-state index >= 15 is 0 Å². The molecule has 0 spiro atoms. The van der Waals surface area contributed by atoms with Gasteiger partial charge in [-0.1, -0.05) is 15.9 Å². The molecular weight excluding hydrogens is 270 g/mol. The molecule has 1 amide bonds. The SMILES string of the molecule is CC(=O)C1CCN(c2ccc(Br)cc2)C1=O. The van der Waals surface area contributed by atoms with Gasteiger partial charge >= 0.3 is 0 Å². The van der Waals surface area contributed by atoms with Crippen molar-refractivity contribution in [2.24, 2.45) is 5.92 Å². The summed E-state index contributed by atoms with van der Waals surface area (Å²) in [5.41, 5.74) is 0.858. The predicted molar refractivity (Wildman–Crippen MR) is 65.3 cm³/mol. The summed E-state index contributed by atoms with van der Waals surface area (Å²) in [6.07, 6.45) is 0.629. The lowest BCUT2D eigenvalue weighted by atomic mass is 10.0. The minimum Gasteiger partial charge on any atom is -0.312 e. The van der Waals surface area contributed by atoms with E-state index in [9.17, 15) is 9.59 Å². The summed E-state index contributed by atoms with van der Waals surface area (Å²) in [7, 11) is 0. The van der Waals surface area contributed by atoms with Gasteiger partial charge in [-0.25, -0.2) is 0 Å². The molecule has 1 unspecified atom stereocenters. The second kappa shape index (κ2) is 4.37. The minimum absolute atomic E-state index is 0.0374. The van der Waals surface area contributed by atoms with E-state index in [1.807, 2.05) is 24.3 Å². The van der Waals surface area contributed by atoms with Crippen molar-refractivity contribution in [3.63, 3.8) is 0 Å². The van der Waals surface area contributed by atoms with E-state index in [0.29, 0.717) is 13.0 Å². The van der Waals surface area contributed by atoms with Crippen LogP contribution in [0.3, 0.4) is 0 Å². The van der Waals surface area contributed by atoms with Crippen molar-refractivity contribution >= 4 is 33.3 Å². The summed E-state index contributed by atoms with van der Waals surface area (Å²) in [4.78, 5) is 24.8. The molecule has 0 bridgehead atoms. The first-order valence-corrected chi connectivity index (χ1v) is 5.96. The van der Waals surface area contributed by atoms with Gasteiger partial charge in [-0.05, 0) is 37.6 Å². The molecule has 1 heterocycles. The summed E-state index contributed by atoms with van der Waals surface area (Å²) in [6.45, 7) is 2.11. The summed E-state index contributed by atoms with van der Waals surface area (Å²) >= 11 is 3.35. The van der Waals surface area contributed by atoms with Crippen molar-refractivity contribution in [1.82, 2.24) is 0 Å². The molecule has 0 radical (unpaired) electrons. The van der Waals surface area contributed by atoms with E-state index < -0.39 is 5.92 Å². The Labute approximate surface area is 103 Å². The summed E-state index contributed by atoms with van der Waals surface area (Å²) in [5, 5.41) is 0. The number of carbonyl (C=O) groups excluding carboxylic acids is 2. The third-order valence-electron chi connectivity index (χ3n) is 2.83. The molecule has 1 saturated heterocycles. The van der Waals surface area contributed by atoms with Crippen LogP contribution in [0, 0.1) is 5.92 Å². The maximum atomic E-state index is 11.9. The summed E-state index contributed by atoms with van der Waals surface area (Å²) < 4.78 is 0.978. The van der Waals surface area contributed by atoms with Crippen molar-refractivity contribution in [3.8, 4) is 0 Å². The molecule has 16 heavy (non-hydrogen) atoms. The Morgan fingerprint density at radius 1 is 1.38 bits per heavy atom. The van der Waals surface area contributed by atoms with Crippen LogP contribution in [0.4, 0.5) is 5.69 Å². The van der Waals surface area contributed by atoms with Crippen molar-refractivity contribution in [2.75, 3.05) is 11.4 Å². The van der Waals surface area contributed by atoms with Crippen LogP contribution in [0.25, 0.3) is 0 Å². The first kappa shape index (κ1) is 11.3. The van der Waals surface area contributed by atoms with E-state index in [2.05, 4.69) is 15.9 Å². The smallest absolute Gasteiger partial charge is 0.237 e. The average molecular weight is 282 g/mol. The van der Waals surface area contributed by atoms with Crippen LogP contribution >= 0.6 is 15.9 Å². The van der Waals surface area contributed by atoms with Gasteiger partial charge in [0.15, 0.2) is 0 Å². The average Bonchev–Trinajstić information content (AvgIpc) is 2.61. The second-order valence-corrected chi connectivity index (χ2v) is 4.83. The Balaban J connectivity index is 2.21. The number of anilines is 1. The third-order valence-corrected chi connectivity index (χ3v) is 3.36. The molecule has 1 aromatic rings. The molecule has 0 aromatic heterocycles. The van der Waals surface area contributed by atoms with Crippen LogP contribution < -0.4 is 4.90 Å². The van der Waals surface area contributed by atoms with Gasteiger partial charge in [-0.2, -0.15) is 0 Å². The van der Waals surface area contributed by atoms with Crippen LogP contribution in [-0.2, 0) is 9.59 Å². The van der Waals surface area contributed by atoms with Crippen molar-refractivity contribution < 1.29 is 9.59 Å². The zero-order chi connectivity index (χ0) is 11.7. The second-order valence-electron chi connectivity index (χ2n) is 3.92. The van der Waals surface area contributed by atoms with E-state index in [1.165, 1.54) is 6.92 Å². The van der Waals surface area contributed by atoms with Crippen molar-refractivity contribution in [3.05, 3.63) is 28.7 Å². The molecule has 4 heteroatoms. The van der Waals surface area contributed by atoms with Gasteiger partial charge in [0, 0.05) is 16.7 Å². The van der Waals surface area contributed by atoms with Gasteiger partial charge in [0.2, 0.25) is 5.91 Å². The number of hydrogen-bond donors (Lipinski definition) is 0. The number of nitrogens with zero attached hydrogens (tertiary/aromatic N) is 1. The zero-order valence-corrected chi connectivity index (χ0v) is 10.5. The predicted octanol–water partition coefficient (Wildman–Crippen LogP) is 2.39. The maximum absolute atomic E-state index is 11.9. The van der Waals surface area contributed by atoms with Crippen LogP contribution in [0.1, 0.15) is 13.3 Å². The molecule has 2 rings (SSSR count). The Hall–Kier alpha value is -1.16. The number of carbonyl (C=O) groups is 2. The van der Waals surface area contributed by atoms with Crippen LogP contribution in [0.5, 0.6) is 0 Å². The standard InChI is InChI=1S/C12H12BrNO2/c1-8(15)11-6-7-14(12(11)16)10-4-2-9(13)3-5-10/h2-5,11H,6-7H2,1H3. The normalized spacial score (nSPS) is 20.2. The Morgan fingerprint density at radius 2 is 2.00 bits per heavy atom. The first-order valence-electron chi connectivity index (χ1n) is 5.17. The lowest BCUT2D eigenvalue weighted by Crippen LogP contribution is -2.29. The monoisotopic (exact) mass is 281 g/mol. The number of amides is 1. The number of rotatable bonds is 2. The highest BCUT2D eigenvalue weighted by Crippen LogP contribution is 2.26. The number of halogens is 1. The molecule has 1 aliphatic heterocycles. The van der Waals surface area contributed by atoms with E-state index in [0.717, 1.165) is 10.2 Å². The number of hydrogen-bond acceptors (Lipinski definition) is 2. The highest BCUT2D eigenvalue weighted by atomic mass is 79.9. The fourth-order valence-corrected chi connectivity index (χ4v) is 2.20. The Kier molecular flexibility index (Phi) is 3.10. The number of Topliss-reactive ketones (excluding diaryl/α,β-unsaturated/α-hetero) is 1. The fourth-order valence-electron chi connectivity index (χ4n) is 1.93. The van der Waals surface area contributed by atoms with E-state index in [1.54, 1.807) is 4.90 Å². The van der Waals surface area contributed by atoms with Crippen LogP contribution in [0.2, 0.25) is 0 Å². The van der Waals surface area contributed by atoms with E-state index in [4.69, 9.17) is 0 Å². The van der Waals surface area contributed by atoms with Crippen molar-refractivity contribution in [2.45, 2.75) is 13.3 Å². The van der Waals surface area contributed by atoms with Crippen molar-refractivity contribution in [1.29, 1.82) is 0 Å². The molecule has 0 saturated carbocycles. The number of ketones is 1. The maximum Gasteiger partial charge on any atom is 0.237 e. The van der Waals surface area contributed by atoms with Crippen LogP contribution in [0.15, 0.2) is 28.7 Å². The lowest BCUT2D eigenvalue weighted by molar-refractivity contribution is -0.129. The summed E-state index contributed by atoms with van der Waals surface area (Å²) in [6, 6.07) is 7.54. The zero-order valence-electron chi connectivity index (χ0n) is 8.94. The Bertz CT molecular complexity index is 427. The highest BCUT2D eigenvalue weighted by molar-refractivity contribution is 9.10. The van der Waals surface area contributed by atoms with Gasteiger partial charge in [-0.15, -0.1) is 0 Å². The van der Waals surface area contributed by atoms with Gasteiger partial charge < -0.3 is 4.90 Å². The third kappa shape index (κ3) is 2.02. The van der Waals surface area contributed by atoms with Gasteiger partial charge in [-0.3, -0.25) is 9.59 Å². The lowest BCUT2D eigenvalue weighted by Gasteiger charge is -2.16. The highest BCUT2D eigenvalue weighted by Gasteiger charge is 2.35. The molecule has 0 N–H and O–H groups in total. The number of benzene rings is 1. The summed E-state index contributed by atoms with van der Waals surface area (Å²) in [5.74, 6) is -0.553. The molecule has 1 aliphatic rings. The molecule has 84 valence electrons. The topological polar surface area (TPSA) is 37.4 Å². The van der Waals surface area contributed by atoms with Crippen LogP contribution in [-0.4, -0.2) is 18.2 Å². The van der Waals surface area contributed by atoms with Gasteiger partial charge in [0.05, 0.1) is 5.92 Å². The quantitative estimate of drug-likeness (QED) is 0.781.